The number of nitrogens with zero attached hydrogens (tertiary/aromatic N) is 1. The smallest absolute Gasteiger partial charge is 0.355 e. The number of hydrogen-bond donors (Lipinski definition) is 2. The van der Waals surface area contributed by atoms with E-state index in [0.29, 0.717) is 15.4 Å². The largest absolute Gasteiger partial charge is 0.505 e. The lowest BCUT2D eigenvalue weighted by atomic mass is 10.2. The summed E-state index contributed by atoms with van der Waals surface area (Å²) in [5.41, 5.74) is 0.585. The lowest BCUT2D eigenvalue weighted by Crippen LogP contribution is -1.98. The maximum absolute atomic E-state index is 13.1. The van der Waals surface area contributed by atoms with Crippen LogP contribution in [0.15, 0.2) is 18.2 Å². The van der Waals surface area contributed by atoms with E-state index in [9.17, 15) is 9.18 Å². The fourth-order valence-corrected chi connectivity index (χ4v) is 2.30. The molecular weight excluding hydrogens is 269 g/mol. The first-order valence-corrected chi connectivity index (χ1v) is 6.16. The Bertz CT molecular complexity index is 664. The van der Waals surface area contributed by atoms with Gasteiger partial charge >= 0.3 is 5.97 Å². The van der Waals surface area contributed by atoms with Crippen molar-refractivity contribution in [3.8, 4) is 5.75 Å². The molecular formula is C13H10FNO3S. The maximum Gasteiger partial charge on any atom is 0.355 e. The van der Waals surface area contributed by atoms with E-state index in [-0.39, 0.29) is 5.69 Å². The number of carbonyl (C=O) groups is 1. The molecule has 0 unspecified atom stereocenters. The highest BCUT2D eigenvalue weighted by Crippen LogP contribution is 2.21. The zero-order valence-corrected chi connectivity index (χ0v) is 10.7. The van der Waals surface area contributed by atoms with Crippen molar-refractivity contribution in [3.63, 3.8) is 0 Å². The van der Waals surface area contributed by atoms with Gasteiger partial charge in [-0.1, -0.05) is 12.1 Å². The van der Waals surface area contributed by atoms with Crippen LogP contribution in [-0.4, -0.2) is 21.2 Å². The molecule has 0 spiro atoms. The number of aromatic nitrogens is 1. The summed E-state index contributed by atoms with van der Waals surface area (Å²) in [6.45, 7) is 1.68. The monoisotopic (exact) mass is 279 g/mol. The van der Waals surface area contributed by atoms with Crippen LogP contribution < -0.4 is 0 Å². The topological polar surface area (TPSA) is 70.4 Å². The Hall–Kier alpha value is -2.21. The SMILES string of the molecule is Cc1sc(/C=C/c2ccc(O)c(F)c2)nc1C(=O)O. The van der Waals surface area contributed by atoms with Crippen LogP contribution in [-0.2, 0) is 0 Å². The second-order valence-electron chi connectivity index (χ2n) is 3.81. The van der Waals surface area contributed by atoms with Gasteiger partial charge in [0.15, 0.2) is 17.3 Å². The van der Waals surface area contributed by atoms with Gasteiger partial charge < -0.3 is 10.2 Å². The van der Waals surface area contributed by atoms with Gasteiger partial charge in [-0.05, 0) is 30.7 Å². The van der Waals surface area contributed by atoms with Crippen LogP contribution in [0.25, 0.3) is 12.2 Å². The zero-order chi connectivity index (χ0) is 14.0. The van der Waals surface area contributed by atoms with Crippen molar-refractivity contribution in [1.82, 2.24) is 4.98 Å². The van der Waals surface area contributed by atoms with Gasteiger partial charge in [-0.2, -0.15) is 0 Å². The molecule has 2 aromatic rings. The molecule has 0 radical (unpaired) electrons. The van der Waals surface area contributed by atoms with Crippen molar-refractivity contribution in [2.75, 3.05) is 0 Å². The van der Waals surface area contributed by atoms with E-state index in [1.165, 1.54) is 23.5 Å². The van der Waals surface area contributed by atoms with E-state index in [1.54, 1.807) is 25.1 Å². The zero-order valence-electron chi connectivity index (χ0n) is 9.92. The molecule has 2 rings (SSSR count). The quantitative estimate of drug-likeness (QED) is 0.905. The Kier molecular flexibility index (Phi) is 3.62. The van der Waals surface area contributed by atoms with Crippen LogP contribution in [0.1, 0.15) is 25.9 Å². The Labute approximate surface area is 112 Å². The fourth-order valence-electron chi connectivity index (χ4n) is 1.48. The third-order valence-corrected chi connectivity index (χ3v) is 3.34. The average molecular weight is 279 g/mol. The summed E-state index contributed by atoms with van der Waals surface area (Å²) in [6, 6.07) is 3.99. The van der Waals surface area contributed by atoms with Crippen molar-refractivity contribution in [2.24, 2.45) is 0 Å². The summed E-state index contributed by atoms with van der Waals surface area (Å²) in [5, 5.41) is 18.5. The summed E-state index contributed by atoms with van der Waals surface area (Å²) in [7, 11) is 0. The molecule has 2 N–H and O–H groups in total. The molecule has 0 atom stereocenters. The van der Waals surface area contributed by atoms with Crippen LogP contribution in [0, 0.1) is 12.7 Å². The second kappa shape index (κ2) is 5.19. The van der Waals surface area contributed by atoms with E-state index in [1.807, 2.05) is 0 Å². The number of phenols is 1. The molecule has 0 saturated carbocycles. The number of benzene rings is 1. The summed E-state index contributed by atoms with van der Waals surface area (Å²) in [4.78, 5) is 15.4. The molecule has 0 bridgehead atoms. The average Bonchev–Trinajstić information content (AvgIpc) is 2.72. The highest BCUT2D eigenvalue weighted by Gasteiger charge is 2.12. The summed E-state index contributed by atoms with van der Waals surface area (Å²) in [5.74, 6) is -2.18. The predicted octanol–water partition coefficient (Wildman–Crippen LogP) is 3.16. The first-order chi connectivity index (χ1) is 8.97. The van der Waals surface area contributed by atoms with Crippen LogP contribution in [0.5, 0.6) is 5.75 Å². The van der Waals surface area contributed by atoms with Crippen molar-refractivity contribution >= 4 is 29.5 Å². The molecule has 1 aromatic carbocycles. The molecule has 1 heterocycles. The Morgan fingerprint density at radius 1 is 1.42 bits per heavy atom. The predicted molar refractivity (Wildman–Crippen MR) is 70.8 cm³/mol. The van der Waals surface area contributed by atoms with Gasteiger partial charge in [0.05, 0.1) is 0 Å². The number of halogens is 1. The minimum absolute atomic E-state index is 0.0292. The highest BCUT2D eigenvalue weighted by atomic mass is 32.1. The first-order valence-electron chi connectivity index (χ1n) is 5.34. The molecule has 1 aromatic heterocycles. The van der Waals surface area contributed by atoms with Crippen molar-refractivity contribution in [3.05, 3.63) is 45.2 Å². The van der Waals surface area contributed by atoms with Crippen LogP contribution in [0.2, 0.25) is 0 Å². The standard InChI is InChI=1S/C13H10FNO3S/c1-7-12(13(17)18)15-11(19-7)5-3-8-2-4-10(16)9(14)6-8/h2-6,16H,1H3,(H,17,18)/b5-3+. The number of phenolic OH excluding ortho intramolecular Hbond substituents is 1. The Morgan fingerprint density at radius 3 is 2.74 bits per heavy atom. The number of carboxylic acids is 1. The summed E-state index contributed by atoms with van der Waals surface area (Å²) >= 11 is 1.25. The molecule has 0 fully saturated rings. The van der Waals surface area contributed by atoms with Crippen LogP contribution >= 0.6 is 11.3 Å². The van der Waals surface area contributed by atoms with E-state index in [4.69, 9.17) is 10.2 Å². The lowest BCUT2D eigenvalue weighted by molar-refractivity contribution is 0.0690. The maximum atomic E-state index is 13.1. The van der Waals surface area contributed by atoms with Gasteiger partial charge in [0.25, 0.3) is 0 Å². The van der Waals surface area contributed by atoms with E-state index in [0.717, 1.165) is 0 Å². The van der Waals surface area contributed by atoms with Crippen LogP contribution in [0.4, 0.5) is 4.39 Å². The van der Waals surface area contributed by atoms with Gasteiger partial charge in [0, 0.05) is 4.88 Å². The minimum Gasteiger partial charge on any atom is -0.505 e. The van der Waals surface area contributed by atoms with Crippen molar-refractivity contribution in [2.45, 2.75) is 6.92 Å². The van der Waals surface area contributed by atoms with Crippen molar-refractivity contribution in [1.29, 1.82) is 0 Å². The van der Waals surface area contributed by atoms with E-state index >= 15 is 0 Å². The first kappa shape index (κ1) is 13.2. The Morgan fingerprint density at radius 2 is 2.16 bits per heavy atom. The Balaban J connectivity index is 2.25. The third kappa shape index (κ3) is 2.97. The number of aromatic hydroxyl groups is 1. The summed E-state index contributed by atoms with van der Waals surface area (Å²) in [6.07, 6.45) is 3.21. The molecule has 6 heteroatoms. The molecule has 0 aliphatic heterocycles. The van der Waals surface area contributed by atoms with Gasteiger partial charge in [-0.25, -0.2) is 14.2 Å². The number of rotatable bonds is 3. The highest BCUT2D eigenvalue weighted by molar-refractivity contribution is 7.12. The molecule has 4 nitrogen and oxygen atoms in total. The van der Waals surface area contributed by atoms with Gasteiger partial charge in [0.1, 0.15) is 5.01 Å². The second-order valence-corrected chi connectivity index (χ2v) is 5.04. The number of carboxylic acid groups (broad SMARTS) is 1. The lowest BCUT2D eigenvalue weighted by Gasteiger charge is -1.96. The van der Waals surface area contributed by atoms with Crippen LogP contribution in [0.3, 0.4) is 0 Å². The van der Waals surface area contributed by atoms with Gasteiger partial charge in [-0.3, -0.25) is 0 Å². The molecule has 0 saturated heterocycles. The third-order valence-electron chi connectivity index (χ3n) is 2.41. The summed E-state index contributed by atoms with van der Waals surface area (Å²) < 4.78 is 13.1. The molecule has 98 valence electrons. The molecule has 0 aliphatic rings. The molecule has 0 amide bonds. The number of aryl methyl sites for hydroxylation is 1. The fraction of sp³-hybridized carbons (Fsp3) is 0.0769. The molecule has 19 heavy (non-hydrogen) atoms. The van der Waals surface area contributed by atoms with Crippen molar-refractivity contribution < 1.29 is 19.4 Å². The van der Waals surface area contributed by atoms with E-state index in [2.05, 4.69) is 4.98 Å². The van der Waals surface area contributed by atoms with Gasteiger partial charge in [-0.15, -0.1) is 11.3 Å². The number of aromatic carboxylic acids is 1. The number of hydrogen-bond acceptors (Lipinski definition) is 4. The van der Waals surface area contributed by atoms with Gasteiger partial charge in [0.2, 0.25) is 0 Å². The number of thiazole rings is 1. The van der Waals surface area contributed by atoms with E-state index < -0.39 is 17.5 Å². The molecule has 0 aliphatic carbocycles. The normalized spacial score (nSPS) is 11.1. The minimum atomic E-state index is -1.07.